The highest BCUT2D eigenvalue weighted by molar-refractivity contribution is 7.91. The van der Waals surface area contributed by atoms with Crippen LogP contribution in [0.4, 0.5) is 0 Å². The Labute approximate surface area is 137 Å². The number of hydrogen-bond acceptors (Lipinski definition) is 6. The van der Waals surface area contributed by atoms with Gasteiger partial charge in [0.1, 0.15) is 0 Å². The molecular weight excluding hydrogens is 318 g/mol. The first-order chi connectivity index (χ1) is 10.9. The Morgan fingerprint density at radius 3 is 2.83 bits per heavy atom. The van der Waals surface area contributed by atoms with E-state index in [1.165, 1.54) is 0 Å². The number of aromatic nitrogens is 2. The van der Waals surface area contributed by atoms with E-state index in [-0.39, 0.29) is 23.5 Å². The molecule has 0 aliphatic carbocycles. The normalized spacial score (nSPS) is 20.9. The van der Waals surface area contributed by atoms with Crippen LogP contribution < -0.4 is 10.6 Å². The third kappa shape index (κ3) is 5.49. The van der Waals surface area contributed by atoms with Crippen molar-refractivity contribution >= 4 is 15.8 Å². The van der Waals surface area contributed by atoms with Gasteiger partial charge in [-0.1, -0.05) is 19.0 Å². The number of rotatable bonds is 6. The highest BCUT2D eigenvalue weighted by Gasteiger charge is 2.28. The molecule has 0 bridgehead atoms. The first-order valence-corrected chi connectivity index (χ1v) is 9.79. The minimum absolute atomic E-state index is 0.0752. The highest BCUT2D eigenvalue weighted by atomic mass is 32.2. The van der Waals surface area contributed by atoms with E-state index >= 15 is 0 Å². The van der Waals surface area contributed by atoms with Gasteiger partial charge < -0.3 is 15.2 Å². The topological polar surface area (TPSA) is 109 Å². The zero-order valence-electron chi connectivity index (χ0n) is 13.9. The van der Waals surface area contributed by atoms with Crippen LogP contribution in [-0.2, 0) is 16.3 Å². The molecule has 1 saturated heterocycles. The van der Waals surface area contributed by atoms with Gasteiger partial charge in [-0.3, -0.25) is 4.99 Å². The van der Waals surface area contributed by atoms with Gasteiger partial charge in [-0.05, 0) is 13.3 Å². The summed E-state index contributed by atoms with van der Waals surface area (Å²) in [4.78, 5) is 8.75. The van der Waals surface area contributed by atoms with Crippen LogP contribution in [0.2, 0.25) is 0 Å². The quantitative estimate of drug-likeness (QED) is 0.571. The van der Waals surface area contributed by atoms with Crippen LogP contribution in [0.1, 0.15) is 44.8 Å². The minimum atomic E-state index is -2.90. The lowest BCUT2D eigenvalue weighted by molar-refractivity contribution is 0.372. The highest BCUT2D eigenvalue weighted by Crippen LogP contribution is 2.11. The Morgan fingerprint density at radius 1 is 1.48 bits per heavy atom. The SMILES string of the molecule is CCNC(=NCCc1nc(C(C)C)no1)NC1CCS(=O)(=O)C1. The maximum atomic E-state index is 11.5. The van der Waals surface area contributed by atoms with Crippen molar-refractivity contribution in [1.82, 2.24) is 20.8 Å². The molecule has 1 aromatic rings. The third-order valence-corrected chi connectivity index (χ3v) is 5.28. The summed E-state index contributed by atoms with van der Waals surface area (Å²) in [5, 5.41) is 10.2. The van der Waals surface area contributed by atoms with E-state index < -0.39 is 9.84 Å². The molecule has 2 heterocycles. The predicted molar refractivity (Wildman–Crippen MR) is 88.3 cm³/mol. The molecule has 1 atom stereocenters. The van der Waals surface area contributed by atoms with Gasteiger partial charge in [-0.25, -0.2) is 8.42 Å². The van der Waals surface area contributed by atoms with E-state index in [0.717, 1.165) is 0 Å². The van der Waals surface area contributed by atoms with Crippen molar-refractivity contribution in [2.45, 2.75) is 45.6 Å². The zero-order chi connectivity index (χ0) is 16.9. The lowest BCUT2D eigenvalue weighted by atomic mass is 10.2. The largest absolute Gasteiger partial charge is 0.357 e. The first-order valence-electron chi connectivity index (χ1n) is 7.97. The molecule has 23 heavy (non-hydrogen) atoms. The molecule has 0 radical (unpaired) electrons. The Hall–Kier alpha value is -1.64. The third-order valence-electron chi connectivity index (χ3n) is 3.51. The number of aliphatic imine (C=N–C) groups is 1. The van der Waals surface area contributed by atoms with Crippen molar-refractivity contribution < 1.29 is 12.9 Å². The van der Waals surface area contributed by atoms with Crippen molar-refractivity contribution in [2.75, 3.05) is 24.6 Å². The zero-order valence-corrected chi connectivity index (χ0v) is 14.7. The van der Waals surface area contributed by atoms with Crippen molar-refractivity contribution in [1.29, 1.82) is 0 Å². The maximum absolute atomic E-state index is 11.5. The molecule has 1 aliphatic heterocycles. The number of nitrogens with one attached hydrogen (secondary N) is 2. The molecule has 1 aliphatic rings. The van der Waals surface area contributed by atoms with Crippen LogP contribution in [0.5, 0.6) is 0 Å². The van der Waals surface area contributed by atoms with Gasteiger partial charge in [0.25, 0.3) is 0 Å². The number of sulfone groups is 1. The summed E-state index contributed by atoms with van der Waals surface area (Å²) in [6.07, 6.45) is 1.17. The van der Waals surface area contributed by atoms with Crippen LogP contribution >= 0.6 is 0 Å². The summed E-state index contributed by atoms with van der Waals surface area (Å²) >= 11 is 0. The smallest absolute Gasteiger partial charge is 0.228 e. The molecule has 0 spiro atoms. The van der Waals surface area contributed by atoms with E-state index in [9.17, 15) is 8.42 Å². The second kappa shape index (κ2) is 7.76. The van der Waals surface area contributed by atoms with Gasteiger partial charge in [0, 0.05) is 24.9 Å². The van der Waals surface area contributed by atoms with Crippen LogP contribution in [0, 0.1) is 0 Å². The van der Waals surface area contributed by atoms with Crippen molar-refractivity contribution in [2.24, 2.45) is 4.99 Å². The standard InChI is InChI=1S/C14H25N5O3S/c1-4-15-14(17-11-6-8-23(20,21)9-11)16-7-5-12-18-13(10(2)3)19-22-12/h10-11H,4-9H2,1-3H3,(H2,15,16,17). The fourth-order valence-corrected chi connectivity index (χ4v) is 3.96. The van der Waals surface area contributed by atoms with E-state index in [1.54, 1.807) is 0 Å². The van der Waals surface area contributed by atoms with Crippen LogP contribution in [-0.4, -0.2) is 55.2 Å². The summed E-state index contributed by atoms with van der Waals surface area (Å²) in [6, 6.07) is -0.0752. The molecule has 0 saturated carbocycles. The van der Waals surface area contributed by atoms with Gasteiger partial charge in [0.2, 0.25) is 5.89 Å². The molecule has 2 N–H and O–H groups in total. The Balaban J connectivity index is 1.88. The number of hydrogen-bond donors (Lipinski definition) is 2. The van der Waals surface area contributed by atoms with Crippen LogP contribution in [0.25, 0.3) is 0 Å². The van der Waals surface area contributed by atoms with Crippen LogP contribution in [0.15, 0.2) is 9.52 Å². The average molecular weight is 343 g/mol. The van der Waals surface area contributed by atoms with Crippen LogP contribution in [0.3, 0.4) is 0 Å². The number of guanidine groups is 1. The molecule has 130 valence electrons. The lowest BCUT2D eigenvalue weighted by Gasteiger charge is -2.15. The summed E-state index contributed by atoms with van der Waals surface area (Å²) < 4.78 is 28.2. The molecule has 1 unspecified atom stereocenters. The fraction of sp³-hybridized carbons (Fsp3) is 0.786. The Bertz CT molecular complexity index is 639. The summed E-state index contributed by atoms with van der Waals surface area (Å²) in [5.74, 6) is 2.53. The van der Waals surface area contributed by atoms with E-state index in [1.807, 2.05) is 20.8 Å². The minimum Gasteiger partial charge on any atom is -0.357 e. The predicted octanol–water partition coefficient (Wildman–Crippen LogP) is 0.478. The second-order valence-electron chi connectivity index (χ2n) is 5.96. The van der Waals surface area contributed by atoms with Crippen molar-refractivity contribution in [3.8, 4) is 0 Å². The molecule has 9 heteroatoms. The Morgan fingerprint density at radius 2 is 2.26 bits per heavy atom. The fourth-order valence-electron chi connectivity index (χ4n) is 2.29. The molecule has 0 aromatic carbocycles. The number of nitrogens with zero attached hydrogens (tertiary/aromatic N) is 3. The van der Waals surface area contributed by atoms with Crippen molar-refractivity contribution in [3.63, 3.8) is 0 Å². The van der Waals surface area contributed by atoms with E-state index in [0.29, 0.717) is 43.6 Å². The monoisotopic (exact) mass is 343 g/mol. The second-order valence-corrected chi connectivity index (χ2v) is 8.18. The first kappa shape index (κ1) is 17.7. The molecular formula is C14H25N5O3S. The van der Waals surface area contributed by atoms with E-state index in [2.05, 4.69) is 25.8 Å². The van der Waals surface area contributed by atoms with E-state index in [4.69, 9.17) is 4.52 Å². The molecule has 1 aromatic heterocycles. The van der Waals surface area contributed by atoms with Gasteiger partial charge in [0.15, 0.2) is 21.6 Å². The summed E-state index contributed by atoms with van der Waals surface area (Å²) in [7, 11) is -2.90. The lowest BCUT2D eigenvalue weighted by Crippen LogP contribution is -2.44. The van der Waals surface area contributed by atoms with Crippen molar-refractivity contribution in [3.05, 3.63) is 11.7 Å². The summed E-state index contributed by atoms with van der Waals surface area (Å²) in [5.41, 5.74) is 0. The molecule has 8 nitrogen and oxygen atoms in total. The average Bonchev–Trinajstić information content (AvgIpc) is 3.06. The van der Waals surface area contributed by atoms with Gasteiger partial charge >= 0.3 is 0 Å². The molecule has 1 fully saturated rings. The molecule has 0 amide bonds. The maximum Gasteiger partial charge on any atom is 0.228 e. The molecule has 2 rings (SSSR count). The van der Waals surface area contributed by atoms with Gasteiger partial charge in [-0.2, -0.15) is 4.98 Å². The summed E-state index contributed by atoms with van der Waals surface area (Å²) in [6.45, 7) is 7.19. The van der Waals surface area contributed by atoms with Gasteiger partial charge in [0.05, 0.1) is 18.1 Å². The Kier molecular flexibility index (Phi) is 5.97. The van der Waals surface area contributed by atoms with Gasteiger partial charge in [-0.15, -0.1) is 0 Å².